The van der Waals surface area contributed by atoms with Gasteiger partial charge in [0, 0.05) is 5.69 Å². The average molecular weight is 498 g/mol. The second-order valence-electron chi connectivity index (χ2n) is 9.12. The number of aromatic nitrogens is 4. The van der Waals surface area contributed by atoms with Gasteiger partial charge < -0.3 is 5.32 Å². The molecule has 7 nitrogen and oxygen atoms in total. The molecule has 1 N–H and O–H groups in total. The van der Waals surface area contributed by atoms with Crippen molar-refractivity contribution in [3.05, 3.63) is 98.8 Å². The van der Waals surface area contributed by atoms with E-state index in [0.29, 0.717) is 22.9 Å². The highest BCUT2D eigenvalue weighted by Crippen LogP contribution is 2.25. The van der Waals surface area contributed by atoms with Crippen LogP contribution in [0.3, 0.4) is 0 Å². The summed E-state index contributed by atoms with van der Waals surface area (Å²) in [7, 11) is 0. The molecule has 1 amide bonds. The Hall–Kier alpha value is -3.91. The van der Waals surface area contributed by atoms with Crippen LogP contribution < -0.4 is 10.9 Å². The standard InChI is InChI=1S/C28H27N5O2S/c1-17-9-11-21(12-10-17)15-32-26(35)22-7-5-6-8-23(22)33-27(32)30-31-28(33)36-16-24(34)29-25-19(3)13-18(2)14-20(25)4/h5-14H,15-16H2,1-4H3,(H,29,34). The van der Waals surface area contributed by atoms with Gasteiger partial charge in [0.25, 0.3) is 5.56 Å². The van der Waals surface area contributed by atoms with Crippen molar-refractivity contribution in [1.82, 2.24) is 19.2 Å². The van der Waals surface area contributed by atoms with Crippen LogP contribution in [0.15, 0.2) is 70.6 Å². The Labute approximate surface area is 213 Å². The Morgan fingerprint density at radius 2 is 1.61 bits per heavy atom. The van der Waals surface area contributed by atoms with Crippen LogP contribution in [0, 0.1) is 27.7 Å². The van der Waals surface area contributed by atoms with Gasteiger partial charge in [-0.25, -0.2) is 0 Å². The molecule has 0 fully saturated rings. The molecule has 0 aliphatic carbocycles. The van der Waals surface area contributed by atoms with Gasteiger partial charge in [-0.05, 0) is 56.5 Å². The summed E-state index contributed by atoms with van der Waals surface area (Å²) in [6, 6.07) is 19.6. The molecule has 2 aromatic heterocycles. The first-order valence-electron chi connectivity index (χ1n) is 11.7. The first-order chi connectivity index (χ1) is 17.3. The number of para-hydroxylation sites is 1. The van der Waals surface area contributed by atoms with E-state index in [1.807, 2.05) is 80.6 Å². The second kappa shape index (κ2) is 9.62. The maximum absolute atomic E-state index is 13.4. The number of benzene rings is 3. The molecule has 5 rings (SSSR count). The van der Waals surface area contributed by atoms with Crippen molar-refractivity contribution in [2.24, 2.45) is 0 Å². The van der Waals surface area contributed by atoms with Crippen LogP contribution in [0.5, 0.6) is 0 Å². The number of carbonyl (C=O) groups is 1. The Bertz CT molecular complexity index is 1650. The molecule has 2 heterocycles. The van der Waals surface area contributed by atoms with Gasteiger partial charge in [-0.1, -0.05) is 71.4 Å². The summed E-state index contributed by atoms with van der Waals surface area (Å²) in [5.74, 6) is 0.496. The van der Waals surface area contributed by atoms with Gasteiger partial charge in [-0.15, -0.1) is 10.2 Å². The minimum Gasteiger partial charge on any atom is -0.325 e. The van der Waals surface area contributed by atoms with E-state index in [-0.39, 0.29) is 17.2 Å². The lowest BCUT2D eigenvalue weighted by atomic mass is 10.1. The van der Waals surface area contributed by atoms with Gasteiger partial charge in [0.1, 0.15) is 0 Å². The number of rotatable bonds is 6. The first kappa shape index (κ1) is 23.8. The summed E-state index contributed by atoms with van der Waals surface area (Å²) >= 11 is 1.30. The lowest BCUT2D eigenvalue weighted by Gasteiger charge is -2.13. The number of carbonyl (C=O) groups excluding carboxylic acids is 1. The van der Waals surface area contributed by atoms with Crippen LogP contribution in [-0.2, 0) is 11.3 Å². The van der Waals surface area contributed by atoms with Gasteiger partial charge in [0.15, 0.2) is 5.16 Å². The van der Waals surface area contributed by atoms with E-state index in [4.69, 9.17) is 0 Å². The number of hydrogen-bond donors (Lipinski definition) is 1. The minimum absolute atomic E-state index is 0.120. The fourth-order valence-corrected chi connectivity index (χ4v) is 5.27. The first-order valence-corrected chi connectivity index (χ1v) is 12.7. The molecular weight excluding hydrogens is 470 g/mol. The second-order valence-corrected chi connectivity index (χ2v) is 10.1. The molecule has 36 heavy (non-hydrogen) atoms. The van der Waals surface area contributed by atoms with Crippen LogP contribution in [-0.4, -0.2) is 30.8 Å². The monoisotopic (exact) mass is 497 g/mol. The molecule has 0 unspecified atom stereocenters. The van der Waals surface area contributed by atoms with E-state index in [2.05, 4.69) is 27.6 Å². The molecule has 0 aliphatic rings. The van der Waals surface area contributed by atoms with E-state index in [9.17, 15) is 9.59 Å². The number of anilines is 1. The molecule has 0 saturated carbocycles. The van der Waals surface area contributed by atoms with Gasteiger partial charge in [-0.2, -0.15) is 0 Å². The molecule has 8 heteroatoms. The zero-order valence-corrected chi connectivity index (χ0v) is 21.5. The van der Waals surface area contributed by atoms with Crippen LogP contribution in [0.4, 0.5) is 5.69 Å². The minimum atomic E-state index is -0.121. The maximum atomic E-state index is 13.4. The number of aryl methyl sites for hydroxylation is 4. The Morgan fingerprint density at radius 1 is 0.917 bits per heavy atom. The lowest BCUT2D eigenvalue weighted by molar-refractivity contribution is -0.113. The van der Waals surface area contributed by atoms with E-state index < -0.39 is 0 Å². The van der Waals surface area contributed by atoms with Crippen LogP contribution in [0.2, 0.25) is 0 Å². The molecule has 5 aromatic rings. The number of amides is 1. The molecule has 3 aromatic carbocycles. The molecule has 0 aliphatic heterocycles. The Morgan fingerprint density at radius 3 is 2.33 bits per heavy atom. The van der Waals surface area contributed by atoms with Gasteiger partial charge in [0.05, 0.1) is 23.2 Å². The average Bonchev–Trinajstić information content (AvgIpc) is 3.28. The summed E-state index contributed by atoms with van der Waals surface area (Å²) < 4.78 is 3.51. The number of hydrogen-bond acceptors (Lipinski definition) is 5. The number of nitrogens with zero attached hydrogens (tertiary/aromatic N) is 4. The highest BCUT2D eigenvalue weighted by molar-refractivity contribution is 7.99. The topological polar surface area (TPSA) is 81.3 Å². The maximum Gasteiger partial charge on any atom is 0.263 e. The van der Waals surface area contributed by atoms with Crippen molar-refractivity contribution in [3.63, 3.8) is 0 Å². The summed E-state index contributed by atoms with van der Waals surface area (Å²) in [6.07, 6.45) is 0. The van der Waals surface area contributed by atoms with E-state index in [1.165, 1.54) is 11.8 Å². The molecule has 0 saturated heterocycles. The molecule has 0 radical (unpaired) electrons. The SMILES string of the molecule is Cc1ccc(Cn2c(=O)c3ccccc3n3c(SCC(=O)Nc4c(C)cc(C)cc4C)nnc23)cc1. The fraction of sp³-hybridized carbons (Fsp3) is 0.214. The molecular formula is C28H27N5O2S. The molecule has 0 atom stereocenters. The third-order valence-electron chi connectivity index (χ3n) is 6.21. The Kier molecular flexibility index (Phi) is 6.36. The summed E-state index contributed by atoms with van der Waals surface area (Å²) in [5.41, 5.74) is 6.83. The highest BCUT2D eigenvalue weighted by atomic mass is 32.2. The third-order valence-corrected chi connectivity index (χ3v) is 7.14. The summed E-state index contributed by atoms with van der Waals surface area (Å²) in [5, 5.41) is 12.9. The smallest absolute Gasteiger partial charge is 0.263 e. The number of fused-ring (bicyclic) bond motifs is 3. The largest absolute Gasteiger partial charge is 0.325 e. The zero-order valence-electron chi connectivity index (χ0n) is 20.7. The molecule has 182 valence electrons. The third kappa shape index (κ3) is 4.52. The van der Waals surface area contributed by atoms with Crippen LogP contribution >= 0.6 is 11.8 Å². The normalized spacial score (nSPS) is 11.3. The fourth-order valence-electron chi connectivity index (χ4n) is 4.53. The molecule has 0 bridgehead atoms. The predicted molar refractivity (Wildman–Crippen MR) is 145 cm³/mol. The van der Waals surface area contributed by atoms with E-state index in [0.717, 1.165) is 39.0 Å². The lowest BCUT2D eigenvalue weighted by Crippen LogP contribution is -2.24. The van der Waals surface area contributed by atoms with Gasteiger partial charge >= 0.3 is 0 Å². The van der Waals surface area contributed by atoms with Crippen molar-refractivity contribution in [1.29, 1.82) is 0 Å². The zero-order chi connectivity index (χ0) is 25.4. The van der Waals surface area contributed by atoms with E-state index in [1.54, 1.807) is 4.57 Å². The summed E-state index contributed by atoms with van der Waals surface area (Å²) in [4.78, 5) is 26.2. The van der Waals surface area contributed by atoms with Crippen LogP contribution in [0.1, 0.15) is 27.8 Å². The number of nitrogens with one attached hydrogen (secondary N) is 1. The van der Waals surface area contributed by atoms with Crippen molar-refractivity contribution in [2.45, 2.75) is 39.4 Å². The van der Waals surface area contributed by atoms with Gasteiger partial charge in [0.2, 0.25) is 11.7 Å². The summed E-state index contributed by atoms with van der Waals surface area (Å²) in [6.45, 7) is 8.44. The molecule has 0 spiro atoms. The number of thioether (sulfide) groups is 1. The quantitative estimate of drug-likeness (QED) is 0.332. The predicted octanol–water partition coefficient (Wildman–Crippen LogP) is 5.06. The van der Waals surface area contributed by atoms with Crippen LogP contribution in [0.25, 0.3) is 16.7 Å². The van der Waals surface area contributed by atoms with Crippen molar-refractivity contribution in [2.75, 3.05) is 11.1 Å². The van der Waals surface area contributed by atoms with Crippen molar-refractivity contribution < 1.29 is 4.79 Å². The Balaban J connectivity index is 1.49. The van der Waals surface area contributed by atoms with Crippen molar-refractivity contribution in [3.8, 4) is 0 Å². The van der Waals surface area contributed by atoms with Crippen molar-refractivity contribution >= 4 is 40.0 Å². The highest BCUT2D eigenvalue weighted by Gasteiger charge is 2.18. The van der Waals surface area contributed by atoms with Gasteiger partial charge in [-0.3, -0.25) is 18.6 Å². The van der Waals surface area contributed by atoms with E-state index >= 15 is 0 Å².